The van der Waals surface area contributed by atoms with Gasteiger partial charge in [-0.2, -0.15) is 0 Å². The molecule has 7 heteroatoms. The van der Waals surface area contributed by atoms with Crippen molar-refractivity contribution in [2.75, 3.05) is 13.2 Å². The number of esters is 2. The van der Waals surface area contributed by atoms with Gasteiger partial charge >= 0.3 is 11.9 Å². The smallest absolute Gasteiger partial charge is 0.344 e. The number of nitro groups is 1. The Bertz CT molecular complexity index is 537. The molecule has 0 amide bonds. The van der Waals surface area contributed by atoms with Crippen LogP contribution in [0.4, 0.5) is 5.69 Å². The van der Waals surface area contributed by atoms with Crippen molar-refractivity contribution in [1.82, 2.24) is 0 Å². The predicted molar refractivity (Wildman–Crippen MR) is 69.7 cm³/mol. The van der Waals surface area contributed by atoms with E-state index in [1.165, 1.54) is 24.3 Å². The summed E-state index contributed by atoms with van der Waals surface area (Å²) in [5, 5.41) is 10.6. The number of nitrogens with zero attached hydrogens (tertiary/aromatic N) is 1. The second-order valence-corrected chi connectivity index (χ2v) is 3.60. The van der Waals surface area contributed by atoms with E-state index in [1.807, 2.05) is 0 Å². The molecule has 0 bridgehead atoms. The third-order valence-corrected chi connectivity index (χ3v) is 2.13. The quantitative estimate of drug-likeness (QED) is 0.340. The third-order valence-electron chi connectivity index (χ3n) is 2.13. The number of non-ortho nitro benzene ring substituents is 1. The van der Waals surface area contributed by atoms with Crippen molar-refractivity contribution in [2.45, 2.75) is 6.92 Å². The van der Waals surface area contributed by atoms with E-state index in [1.54, 1.807) is 13.0 Å². The monoisotopic (exact) mass is 279 g/mol. The zero-order valence-electron chi connectivity index (χ0n) is 10.8. The third kappa shape index (κ3) is 5.30. The molecule has 0 aromatic heterocycles. The minimum atomic E-state index is -0.732. The van der Waals surface area contributed by atoms with Crippen molar-refractivity contribution in [1.29, 1.82) is 0 Å². The van der Waals surface area contributed by atoms with Crippen LogP contribution in [0, 0.1) is 10.1 Å². The largest absolute Gasteiger partial charge is 0.463 e. The minimum absolute atomic E-state index is 0.0768. The summed E-state index contributed by atoms with van der Waals surface area (Å²) in [6, 6.07) is 5.76. The zero-order valence-corrected chi connectivity index (χ0v) is 10.8. The molecule has 7 nitrogen and oxygen atoms in total. The van der Waals surface area contributed by atoms with Gasteiger partial charge in [0.1, 0.15) is 0 Å². The highest BCUT2D eigenvalue weighted by Gasteiger charge is 2.06. The van der Waals surface area contributed by atoms with E-state index in [0.717, 1.165) is 6.08 Å². The molecule has 0 aliphatic rings. The van der Waals surface area contributed by atoms with Gasteiger partial charge in [-0.3, -0.25) is 10.1 Å². The van der Waals surface area contributed by atoms with Crippen LogP contribution in [0.5, 0.6) is 0 Å². The van der Waals surface area contributed by atoms with Crippen LogP contribution >= 0.6 is 0 Å². The lowest BCUT2D eigenvalue weighted by Gasteiger charge is -2.01. The summed E-state index contributed by atoms with van der Waals surface area (Å²) in [6.07, 6.45) is 2.44. The van der Waals surface area contributed by atoms with Crippen molar-refractivity contribution in [3.63, 3.8) is 0 Å². The maximum atomic E-state index is 11.3. The van der Waals surface area contributed by atoms with Crippen LogP contribution in [0.2, 0.25) is 0 Å². The number of carbonyl (C=O) groups is 2. The summed E-state index contributed by atoms with van der Waals surface area (Å²) in [5.41, 5.74) is 0.402. The number of hydrogen-bond donors (Lipinski definition) is 0. The second kappa shape index (κ2) is 7.67. The maximum Gasteiger partial charge on any atom is 0.344 e. The predicted octanol–water partition coefficient (Wildman–Crippen LogP) is 1.71. The van der Waals surface area contributed by atoms with Gasteiger partial charge in [-0.1, -0.05) is 12.1 Å². The van der Waals surface area contributed by atoms with Crippen LogP contribution in [0.15, 0.2) is 30.3 Å². The first-order valence-electron chi connectivity index (χ1n) is 5.78. The van der Waals surface area contributed by atoms with Crippen LogP contribution in [-0.4, -0.2) is 30.1 Å². The molecule has 0 saturated carbocycles. The van der Waals surface area contributed by atoms with Gasteiger partial charge in [0.05, 0.1) is 11.5 Å². The summed E-state index contributed by atoms with van der Waals surface area (Å²) in [7, 11) is 0. The van der Waals surface area contributed by atoms with E-state index in [0.29, 0.717) is 5.56 Å². The number of hydrogen-bond acceptors (Lipinski definition) is 6. The highest BCUT2D eigenvalue weighted by Crippen LogP contribution is 2.14. The first-order chi connectivity index (χ1) is 9.52. The number of ether oxygens (including phenoxy) is 2. The molecule has 1 aromatic rings. The van der Waals surface area contributed by atoms with E-state index in [9.17, 15) is 19.7 Å². The molecule has 0 spiro atoms. The van der Waals surface area contributed by atoms with Gasteiger partial charge in [-0.15, -0.1) is 0 Å². The molecular weight excluding hydrogens is 266 g/mol. The normalized spacial score (nSPS) is 10.2. The molecule has 0 aliphatic carbocycles. The molecule has 0 radical (unpaired) electrons. The first kappa shape index (κ1) is 15.4. The Morgan fingerprint density at radius 2 is 2.10 bits per heavy atom. The lowest BCUT2D eigenvalue weighted by atomic mass is 10.2. The fourth-order valence-corrected chi connectivity index (χ4v) is 1.29. The Kier molecular flexibility index (Phi) is 5.89. The number of nitro benzene ring substituents is 1. The SMILES string of the molecule is CCOC(=O)COC(=O)/C=C/c1cccc([N+](=O)[O-])c1. The summed E-state index contributed by atoms with van der Waals surface area (Å²) in [6.45, 7) is 1.38. The van der Waals surface area contributed by atoms with Crippen LogP contribution in [0.25, 0.3) is 6.08 Å². The summed E-state index contributed by atoms with van der Waals surface area (Å²) >= 11 is 0. The summed E-state index contributed by atoms with van der Waals surface area (Å²) in [4.78, 5) is 32.3. The van der Waals surface area contributed by atoms with Gasteiger partial charge in [-0.05, 0) is 18.6 Å². The van der Waals surface area contributed by atoms with E-state index >= 15 is 0 Å². The molecule has 1 rings (SSSR count). The van der Waals surface area contributed by atoms with Crippen molar-refractivity contribution in [3.05, 3.63) is 46.0 Å². The Hall–Kier alpha value is -2.70. The standard InChI is InChI=1S/C13H13NO6/c1-2-19-13(16)9-20-12(15)7-6-10-4-3-5-11(8-10)14(17)18/h3-8H,2,9H2,1H3/b7-6+. The second-order valence-electron chi connectivity index (χ2n) is 3.60. The fourth-order valence-electron chi connectivity index (χ4n) is 1.29. The zero-order chi connectivity index (χ0) is 15.0. The Morgan fingerprint density at radius 1 is 1.35 bits per heavy atom. The summed E-state index contributed by atoms with van der Waals surface area (Å²) in [5.74, 6) is -1.37. The topological polar surface area (TPSA) is 95.7 Å². The van der Waals surface area contributed by atoms with E-state index in [4.69, 9.17) is 0 Å². The van der Waals surface area contributed by atoms with Gasteiger partial charge < -0.3 is 9.47 Å². The molecule has 1 aromatic carbocycles. The van der Waals surface area contributed by atoms with Crippen molar-refractivity contribution in [3.8, 4) is 0 Å². The van der Waals surface area contributed by atoms with E-state index in [2.05, 4.69) is 9.47 Å². The van der Waals surface area contributed by atoms with Gasteiger partial charge in [0.2, 0.25) is 0 Å². The molecule has 0 heterocycles. The van der Waals surface area contributed by atoms with E-state index < -0.39 is 23.5 Å². The average molecular weight is 279 g/mol. The molecule has 0 N–H and O–H groups in total. The molecule has 0 saturated heterocycles. The highest BCUT2D eigenvalue weighted by atomic mass is 16.6. The van der Waals surface area contributed by atoms with E-state index in [-0.39, 0.29) is 12.3 Å². The number of benzene rings is 1. The van der Waals surface area contributed by atoms with Crippen LogP contribution in [0.1, 0.15) is 12.5 Å². The highest BCUT2D eigenvalue weighted by molar-refractivity contribution is 5.88. The maximum absolute atomic E-state index is 11.3. The Labute approximate surface area is 114 Å². The molecule has 0 atom stereocenters. The summed E-state index contributed by atoms with van der Waals surface area (Å²) < 4.78 is 9.20. The fraction of sp³-hybridized carbons (Fsp3) is 0.231. The van der Waals surface area contributed by atoms with Crippen LogP contribution < -0.4 is 0 Å². The van der Waals surface area contributed by atoms with Gasteiger partial charge in [0, 0.05) is 18.2 Å². The van der Waals surface area contributed by atoms with Crippen LogP contribution in [0.3, 0.4) is 0 Å². The van der Waals surface area contributed by atoms with Gasteiger partial charge in [-0.25, -0.2) is 9.59 Å². The molecule has 0 unspecified atom stereocenters. The number of carbonyl (C=O) groups excluding carboxylic acids is 2. The average Bonchev–Trinajstić information content (AvgIpc) is 2.43. The lowest BCUT2D eigenvalue weighted by Crippen LogP contribution is -2.15. The van der Waals surface area contributed by atoms with Gasteiger partial charge in [0.25, 0.3) is 5.69 Å². The molecule has 0 aliphatic heterocycles. The molecular formula is C13H13NO6. The Morgan fingerprint density at radius 3 is 2.75 bits per heavy atom. The first-order valence-corrected chi connectivity index (χ1v) is 5.78. The molecule has 0 fully saturated rings. The van der Waals surface area contributed by atoms with Gasteiger partial charge in [0.15, 0.2) is 6.61 Å². The van der Waals surface area contributed by atoms with Crippen molar-refractivity contribution < 1.29 is 24.0 Å². The van der Waals surface area contributed by atoms with Crippen molar-refractivity contribution in [2.24, 2.45) is 0 Å². The molecule has 20 heavy (non-hydrogen) atoms. The lowest BCUT2D eigenvalue weighted by molar-refractivity contribution is -0.384. The van der Waals surface area contributed by atoms with Crippen LogP contribution in [-0.2, 0) is 19.1 Å². The minimum Gasteiger partial charge on any atom is -0.463 e. The van der Waals surface area contributed by atoms with Crippen molar-refractivity contribution >= 4 is 23.7 Å². The number of rotatable bonds is 6. The molecule has 106 valence electrons. The Balaban J connectivity index is 2.55.